The summed E-state index contributed by atoms with van der Waals surface area (Å²) >= 11 is 0. The second-order valence-corrected chi connectivity index (χ2v) is 8.84. The van der Waals surface area contributed by atoms with E-state index in [0.717, 1.165) is 47.7 Å². The number of allylic oxidation sites excluding steroid dienone is 1. The molecule has 0 unspecified atom stereocenters. The molecule has 0 bridgehead atoms. The molecule has 5 rings (SSSR count). The fraction of sp³-hybridized carbons (Fsp3) is 0.276. The molecule has 4 nitrogen and oxygen atoms in total. The maximum absolute atomic E-state index is 13.6. The number of Topliss-reactive ketones (excluding diaryl/α,β-unsaturated/α-hetero) is 1. The minimum absolute atomic E-state index is 0.157. The molecule has 3 aromatic rings. The van der Waals surface area contributed by atoms with Gasteiger partial charge in [0.2, 0.25) is 0 Å². The number of anilines is 3. The Balaban J connectivity index is 1.51. The molecule has 2 aliphatic rings. The molecule has 3 aromatic carbocycles. The van der Waals surface area contributed by atoms with E-state index in [9.17, 15) is 4.79 Å². The zero-order valence-electron chi connectivity index (χ0n) is 19.3. The molecule has 0 radical (unpaired) electrons. The third-order valence-corrected chi connectivity index (χ3v) is 6.93. The van der Waals surface area contributed by atoms with Crippen molar-refractivity contribution in [3.8, 4) is 0 Å². The average Bonchev–Trinajstić information content (AvgIpc) is 3.03. The lowest BCUT2D eigenvalue weighted by atomic mass is 9.78. The van der Waals surface area contributed by atoms with Crippen molar-refractivity contribution in [1.29, 1.82) is 0 Å². The van der Waals surface area contributed by atoms with Crippen LogP contribution in [0.15, 0.2) is 90.1 Å². The van der Waals surface area contributed by atoms with Crippen LogP contribution in [0, 0.1) is 0 Å². The van der Waals surface area contributed by atoms with Crippen LogP contribution in [0.25, 0.3) is 0 Å². The summed E-state index contributed by atoms with van der Waals surface area (Å²) in [6.45, 7) is 6.34. The summed E-state index contributed by atoms with van der Waals surface area (Å²) in [7, 11) is 0. The summed E-state index contributed by atoms with van der Waals surface area (Å²) < 4.78 is 0. The highest BCUT2D eigenvalue weighted by Gasteiger charge is 2.35. The number of ketones is 1. The van der Waals surface area contributed by atoms with Gasteiger partial charge in [-0.1, -0.05) is 54.6 Å². The number of benzene rings is 3. The number of hydrogen-bond acceptors (Lipinski definition) is 4. The molecule has 0 saturated heterocycles. The van der Waals surface area contributed by atoms with Crippen molar-refractivity contribution in [1.82, 2.24) is 0 Å². The van der Waals surface area contributed by atoms with Gasteiger partial charge in [0.25, 0.3) is 0 Å². The summed E-state index contributed by atoms with van der Waals surface area (Å²) in [6, 6.07) is 27.1. The van der Waals surface area contributed by atoms with Gasteiger partial charge in [0, 0.05) is 36.5 Å². The van der Waals surface area contributed by atoms with Gasteiger partial charge >= 0.3 is 0 Å². The third kappa shape index (κ3) is 4.13. The van der Waals surface area contributed by atoms with Crippen LogP contribution in [0.2, 0.25) is 0 Å². The van der Waals surface area contributed by atoms with Gasteiger partial charge in [0.15, 0.2) is 5.78 Å². The molecule has 0 aromatic heterocycles. The Morgan fingerprint density at radius 3 is 2.15 bits per heavy atom. The first kappa shape index (κ1) is 21.3. The number of para-hydroxylation sites is 2. The molecule has 2 N–H and O–H groups in total. The zero-order chi connectivity index (χ0) is 22.8. The number of carbonyl (C=O) groups is 1. The van der Waals surface area contributed by atoms with Crippen LogP contribution < -0.4 is 15.5 Å². The molecule has 33 heavy (non-hydrogen) atoms. The van der Waals surface area contributed by atoms with Crippen LogP contribution >= 0.6 is 0 Å². The van der Waals surface area contributed by atoms with E-state index in [4.69, 9.17) is 0 Å². The first-order valence-corrected chi connectivity index (χ1v) is 12.0. The Morgan fingerprint density at radius 1 is 0.788 bits per heavy atom. The van der Waals surface area contributed by atoms with Crippen LogP contribution in [0.4, 0.5) is 17.1 Å². The SMILES string of the molecule is CCN(CC)c1ccc([C@H]2CC(=O)C3=C(C2)Nc2ccccc2N[C@H]3c2ccccc2)cc1. The van der Waals surface area contributed by atoms with Gasteiger partial charge in [0.05, 0.1) is 17.4 Å². The first-order chi connectivity index (χ1) is 16.2. The Morgan fingerprint density at radius 2 is 1.45 bits per heavy atom. The van der Waals surface area contributed by atoms with Crippen molar-refractivity contribution in [2.75, 3.05) is 28.6 Å². The van der Waals surface area contributed by atoms with Crippen molar-refractivity contribution >= 4 is 22.8 Å². The lowest BCUT2D eigenvalue weighted by molar-refractivity contribution is -0.116. The minimum Gasteiger partial charge on any atom is -0.372 e. The number of carbonyl (C=O) groups excluding carboxylic acids is 1. The topological polar surface area (TPSA) is 44.4 Å². The molecule has 0 saturated carbocycles. The predicted molar refractivity (Wildman–Crippen MR) is 137 cm³/mol. The molecule has 0 fully saturated rings. The second kappa shape index (κ2) is 9.14. The number of nitrogens with one attached hydrogen (secondary N) is 2. The number of hydrogen-bond donors (Lipinski definition) is 2. The number of nitrogens with zero attached hydrogens (tertiary/aromatic N) is 1. The van der Waals surface area contributed by atoms with Gasteiger partial charge in [-0.3, -0.25) is 4.79 Å². The van der Waals surface area contributed by atoms with E-state index in [1.807, 2.05) is 30.3 Å². The van der Waals surface area contributed by atoms with Gasteiger partial charge in [-0.15, -0.1) is 0 Å². The normalized spacial score (nSPS) is 19.6. The highest BCUT2D eigenvalue weighted by Crippen LogP contribution is 2.44. The van der Waals surface area contributed by atoms with Crippen LogP contribution in [-0.2, 0) is 4.79 Å². The Bertz CT molecular complexity index is 1160. The summed E-state index contributed by atoms with van der Waals surface area (Å²) in [6.07, 6.45) is 1.36. The molecule has 4 heteroatoms. The molecule has 0 spiro atoms. The monoisotopic (exact) mass is 437 g/mol. The van der Waals surface area contributed by atoms with Crippen molar-refractivity contribution in [2.45, 2.75) is 38.6 Å². The molecule has 1 aliphatic heterocycles. The maximum Gasteiger partial charge on any atom is 0.163 e. The van der Waals surface area contributed by atoms with Crippen molar-refractivity contribution in [3.05, 3.63) is 101 Å². The number of fused-ring (bicyclic) bond motifs is 1. The fourth-order valence-corrected chi connectivity index (χ4v) is 5.17. The van der Waals surface area contributed by atoms with E-state index >= 15 is 0 Å². The lowest BCUT2D eigenvalue weighted by Crippen LogP contribution is -2.27. The smallest absolute Gasteiger partial charge is 0.163 e. The van der Waals surface area contributed by atoms with Crippen LogP contribution in [0.5, 0.6) is 0 Å². The van der Waals surface area contributed by atoms with E-state index in [1.54, 1.807) is 0 Å². The minimum atomic E-state index is -0.157. The number of rotatable bonds is 5. The molecular formula is C29H31N3O. The third-order valence-electron chi connectivity index (χ3n) is 6.93. The van der Waals surface area contributed by atoms with E-state index < -0.39 is 0 Å². The average molecular weight is 438 g/mol. The predicted octanol–water partition coefficient (Wildman–Crippen LogP) is 6.51. The van der Waals surface area contributed by atoms with Crippen LogP contribution in [0.1, 0.15) is 49.8 Å². The molecule has 2 atom stereocenters. The van der Waals surface area contributed by atoms with Gasteiger partial charge in [-0.2, -0.15) is 0 Å². The van der Waals surface area contributed by atoms with E-state index in [-0.39, 0.29) is 17.7 Å². The largest absolute Gasteiger partial charge is 0.372 e. The van der Waals surface area contributed by atoms with Crippen LogP contribution in [-0.4, -0.2) is 18.9 Å². The summed E-state index contributed by atoms with van der Waals surface area (Å²) in [5.41, 5.74) is 7.53. The fourth-order valence-electron chi connectivity index (χ4n) is 5.17. The molecular weight excluding hydrogens is 406 g/mol. The van der Waals surface area contributed by atoms with Crippen molar-refractivity contribution < 1.29 is 4.79 Å². The Labute approximate surface area is 196 Å². The van der Waals surface area contributed by atoms with E-state index in [0.29, 0.717) is 6.42 Å². The molecule has 1 heterocycles. The molecule has 168 valence electrons. The Hall–Kier alpha value is -3.53. The van der Waals surface area contributed by atoms with Crippen molar-refractivity contribution in [3.63, 3.8) is 0 Å². The van der Waals surface area contributed by atoms with Crippen molar-refractivity contribution in [2.24, 2.45) is 0 Å². The van der Waals surface area contributed by atoms with E-state index in [2.05, 4.69) is 77.9 Å². The van der Waals surface area contributed by atoms with Gasteiger partial charge < -0.3 is 15.5 Å². The standard InChI is InChI=1S/C29H31N3O/c1-3-32(4-2)23-16-14-20(15-17-23)22-18-26-28(27(33)19-22)29(21-10-6-5-7-11-21)31-25-13-9-8-12-24(25)30-26/h5-17,22,29-31H,3-4,18-19H2,1-2H3/t22-,29+/m1/s1. The van der Waals surface area contributed by atoms with Crippen LogP contribution in [0.3, 0.4) is 0 Å². The highest BCUT2D eigenvalue weighted by atomic mass is 16.1. The second-order valence-electron chi connectivity index (χ2n) is 8.84. The quantitative estimate of drug-likeness (QED) is 0.477. The molecule has 1 aliphatic carbocycles. The van der Waals surface area contributed by atoms with Gasteiger partial charge in [0.1, 0.15) is 0 Å². The van der Waals surface area contributed by atoms with E-state index in [1.165, 1.54) is 11.3 Å². The van der Waals surface area contributed by atoms with Gasteiger partial charge in [-0.25, -0.2) is 0 Å². The lowest BCUT2D eigenvalue weighted by Gasteiger charge is -2.30. The first-order valence-electron chi connectivity index (χ1n) is 12.0. The maximum atomic E-state index is 13.6. The highest BCUT2D eigenvalue weighted by molar-refractivity contribution is 6.01. The summed E-state index contributed by atoms with van der Waals surface area (Å²) in [5.74, 6) is 0.395. The zero-order valence-corrected chi connectivity index (χ0v) is 19.3. The Kier molecular flexibility index (Phi) is 5.91. The summed E-state index contributed by atoms with van der Waals surface area (Å²) in [4.78, 5) is 16.0. The molecule has 0 amide bonds. The van der Waals surface area contributed by atoms with Gasteiger partial charge in [-0.05, 0) is 61.6 Å². The summed E-state index contributed by atoms with van der Waals surface area (Å²) in [5, 5.41) is 7.27.